The number of imide groups is 1. The van der Waals surface area contributed by atoms with Crippen LogP contribution in [0.15, 0.2) is 6.07 Å². The van der Waals surface area contributed by atoms with E-state index in [1.165, 1.54) is 7.05 Å². The summed E-state index contributed by atoms with van der Waals surface area (Å²) < 4.78 is 5.02. The number of likely N-dealkylation sites (tertiary alicyclic amines) is 1. The standard InChI is InChI=1S/C13H19N5O3/c1-14-9-6-10(17-11(16-9)7-21-3)15-8-4-5-12(19)18(2)13(8)20/h6,8H,4-5,7H2,1-3H3,(H2,14,15,16,17). The molecule has 0 aromatic carbocycles. The number of hydrogen-bond acceptors (Lipinski definition) is 7. The number of anilines is 2. The third-order valence-corrected chi connectivity index (χ3v) is 3.27. The number of aromatic nitrogens is 2. The molecule has 2 N–H and O–H groups in total. The van der Waals surface area contributed by atoms with Crippen molar-refractivity contribution in [1.29, 1.82) is 0 Å². The molecule has 2 amide bonds. The highest BCUT2D eigenvalue weighted by Gasteiger charge is 2.31. The summed E-state index contributed by atoms with van der Waals surface area (Å²) in [6, 6.07) is 1.26. The molecule has 0 aliphatic carbocycles. The van der Waals surface area contributed by atoms with Crippen LogP contribution in [0.3, 0.4) is 0 Å². The average Bonchev–Trinajstić information content (AvgIpc) is 2.48. The second-order valence-electron chi connectivity index (χ2n) is 4.76. The minimum Gasteiger partial charge on any atom is -0.377 e. The normalized spacial score (nSPS) is 18.8. The van der Waals surface area contributed by atoms with Gasteiger partial charge in [0.1, 0.15) is 24.3 Å². The predicted octanol–water partition coefficient (Wildman–Crippen LogP) is 0.224. The first-order valence-electron chi connectivity index (χ1n) is 6.66. The van der Waals surface area contributed by atoms with Gasteiger partial charge in [-0.1, -0.05) is 0 Å². The molecule has 1 saturated heterocycles. The van der Waals surface area contributed by atoms with Crippen LogP contribution in [0, 0.1) is 0 Å². The van der Waals surface area contributed by atoms with Gasteiger partial charge < -0.3 is 15.4 Å². The summed E-state index contributed by atoms with van der Waals surface area (Å²) in [6.07, 6.45) is 0.801. The van der Waals surface area contributed by atoms with Crippen molar-refractivity contribution in [2.24, 2.45) is 0 Å². The second-order valence-corrected chi connectivity index (χ2v) is 4.76. The topological polar surface area (TPSA) is 96.5 Å². The van der Waals surface area contributed by atoms with Gasteiger partial charge in [-0.3, -0.25) is 14.5 Å². The number of carbonyl (C=O) groups excluding carboxylic acids is 2. The van der Waals surface area contributed by atoms with Crippen LogP contribution in [0.5, 0.6) is 0 Å². The largest absolute Gasteiger partial charge is 0.377 e. The van der Waals surface area contributed by atoms with Crippen LogP contribution in [0.2, 0.25) is 0 Å². The molecule has 1 unspecified atom stereocenters. The van der Waals surface area contributed by atoms with Crippen molar-refractivity contribution in [2.75, 3.05) is 31.8 Å². The molecule has 2 rings (SSSR count). The molecule has 1 aromatic rings. The van der Waals surface area contributed by atoms with Crippen LogP contribution in [0.1, 0.15) is 18.7 Å². The summed E-state index contributed by atoms with van der Waals surface area (Å²) in [5.74, 6) is 1.27. The minimum absolute atomic E-state index is 0.156. The maximum Gasteiger partial charge on any atom is 0.251 e. The Balaban J connectivity index is 2.16. The fraction of sp³-hybridized carbons (Fsp3) is 0.538. The Morgan fingerprint density at radius 1 is 1.38 bits per heavy atom. The van der Waals surface area contributed by atoms with Gasteiger partial charge in [0.15, 0.2) is 5.82 Å². The van der Waals surface area contributed by atoms with Gasteiger partial charge in [-0.2, -0.15) is 0 Å². The highest BCUT2D eigenvalue weighted by Crippen LogP contribution is 2.18. The third kappa shape index (κ3) is 3.46. The monoisotopic (exact) mass is 293 g/mol. The molecule has 1 fully saturated rings. The molecule has 1 aliphatic heterocycles. The highest BCUT2D eigenvalue weighted by atomic mass is 16.5. The van der Waals surface area contributed by atoms with Gasteiger partial charge in [-0.05, 0) is 6.42 Å². The fourth-order valence-electron chi connectivity index (χ4n) is 2.12. The SMILES string of the molecule is CNc1cc(NC2CCC(=O)N(C)C2=O)nc(COC)n1. The van der Waals surface area contributed by atoms with Crippen LogP contribution in [0.25, 0.3) is 0 Å². The van der Waals surface area contributed by atoms with E-state index in [4.69, 9.17) is 4.74 Å². The van der Waals surface area contributed by atoms with E-state index in [0.29, 0.717) is 30.3 Å². The lowest BCUT2D eigenvalue weighted by Gasteiger charge is -2.28. The number of hydrogen-bond donors (Lipinski definition) is 2. The van der Waals surface area contributed by atoms with Crippen molar-refractivity contribution in [2.45, 2.75) is 25.5 Å². The van der Waals surface area contributed by atoms with Crippen LogP contribution in [-0.4, -0.2) is 53.9 Å². The molecule has 8 nitrogen and oxygen atoms in total. The number of rotatable bonds is 5. The number of nitrogens with one attached hydrogen (secondary N) is 2. The maximum absolute atomic E-state index is 12.1. The molecule has 1 aliphatic rings. The summed E-state index contributed by atoms with van der Waals surface area (Å²) in [4.78, 5) is 33.2. The van der Waals surface area contributed by atoms with Gasteiger partial charge in [0.05, 0.1) is 0 Å². The zero-order chi connectivity index (χ0) is 15.4. The molecule has 21 heavy (non-hydrogen) atoms. The number of likely N-dealkylation sites (N-methyl/N-ethyl adjacent to an activating group) is 1. The highest BCUT2D eigenvalue weighted by molar-refractivity contribution is 6.01. The van der Waals surface area contributed by atoms with Crippen molar-refractivity contribution in [3.63, 3.8) is 0 Å². The smallest absolute Gasteiger partial charge is 0.251 e. The zero-order valence-corrected chi connectivity index (χ0v) is 12.3. The van der Waals surface area contributed by atoms with E-state index in [1.54, 1.807) is 20.2 Å². The Kier molecular flexibility index (Phi) is 4.69. The Hall–Kier alpha value is -2.22. The molecular formula is C13H19N5O3. The number of methoxy groups -OCH3 is 1. The van der Waals surface area contributed by atoms with E-state index in [9.17, 15) is 9.59 Å². The van der Waals surface area contributed by atoms with Crippen molar-refractivity contribution >= 4 is 23.5 Å². The van der Waals surface area contributed by atoms with Gasteiger partial charge in [-0.25, -0.2) is 9.97 Å². The van der Waals surface area contributed by atoms with E-state index in [-0.39, 0.29) is 18.4 Å². The van der Waals surface area contributed by atoms with E-state index in [1.807, 2.05) is 0 Å². The molecule has 0 saturated carbocycles. The van der Waals surface area contributed by atoms with Crippen LogP contribution in [-0.2, 0) is 20.9 Å². The first-order chi connectivity index (χ1) is 10.0. The van der Waals surface area contributed by atoms with E-state index in [0.717, 1.165) is 4.90 Å². The molecule has 8 heteroatoms. The van der Waals surface area contributed by atoms with Gasteiger partial charge in [0.2, 0.25) is 5.91 Å². The first kappa shape index (κ1) is 15.2. The lowest BCUT2D eigenvalue weighted by Crippen LogP contribution is -2.48. The molecule has 2 heterocycles. The second kappa shape index (κ2) is 6.49. The summed E-state index contributed by atoms with van der Waals surface area (Å²) in [5, 5.41) is 6.00. The number of nitrogens with zero attached hydrogens (tertiary/aromatic N) is 3. The van der Waals surface area contributed by atoms with Crippen molar-refractivity contribution < 1.29 is 14.3 Å². The van der Waals surface area contributed by atoms with Crippen molar-refractivity contribution in [3.05, 3.63) is 11.9 Å². The van der Waals surface area contributed by atoms with Gasteiger partial charge in [0, 0.05) is 33.7 Å². The number of piperidine rings is 1. The van der Waals surface area contributed by atoms with Gasteiger partial charge in [-0.15, -0.1) is 0 Å². The average molecular weight is 293 g/mol. The van der Waals surface area contributed by atoms with Crippen LogP contribution in [0.4, 0.5) is 11.6 Å². The Bertz CT molecular complexity index is 549. The molecule has 0 spiro atoms. The quantitative estimate of drug-likeness (QED) is 0.750. The molecule has 1 atom stereocenters. The number of carbonyl (C=O) groups is 2. The van der Waals surface area contributed by atoms with Gasteiger partial charge >= 0.3 is 0 Å². The van der Waals surface area contributed by atoms with Crippen molar-refractivity contribution in [3.8, 4) is 0 Å². The fourth-order valence-corrected chi connectivity index (χ4v) is 2.12. The molecule has 0 radical (unpaired) electrons. The molecule has 1 aromatic heterocycles. The predicted molar refractivity (Wildman–Crippen MR) is 76.7 cm³/mol. The van der Waals surface area contributed by atoms with E-state index in [2.05, 4.69) is 20.6 Å². The van der Waals surface area contributed by atoms with Crippen LogP contribution >= 0.6 is 0 Å². The third-order valence-electron chi connectivity index (χ3n) is 3.27. The number of amides is 2. The molecule has 0 bridgehead atoms. The minimum atomic E-state index is -0.456. The number of ether oxygens (including phenoxy) is 1. The lowest BCUT2D eigenvalue weighted by molar-refractivity contribution is -0.146. The molecule has 114 valence electrons. The summed E-state index contributed by atoms with van der Waals surface area (Å²) in [5.41, 5.74) is 0. The Labute approximate surface area is 122 Å². The zero-order valence-electron chi connectivity index (χ0n) is 12.3. The first-order valence-corrected chi connectivity index (χ1v) is 6.66. The van der Waals surface area contributed by atoms with E-state index < -0.39 is 6.04 Å². The lowest BCUT2D eigenvalue weighted by atomic mass is 10.0. The Morgan fingerprint density at radius 2 is 2.10 bits per heavy atom. The summed E-state index contributed by atoms with van der Waals surface area (Å²) >= 11 is 0. The van der Waals surface area contributed by atoms with Gasteiger partial charge in [0.25, 0.3) is 5.91 Å². The van der Waals surface area contributed by atoms with Crippen molar-refractivity contribution in [1.82, 2.24) is 14.9 Å². The summed E-state index contributed by atoms with van der Waals surface area (Å²) in [7, 11) is 4.81. The maximum atomic E-state index is 12.1. The summed E-state index contributed by atoms with van der Waals surface area (Å²) in [6.45, 7) is 0.279. The van der Waals surface area contributed by atoms with Crippen LogP contribution < -0.4 is 10.6 Å². The van der Waals surface area contributed by atoms with E-state index >= 15 is 0 Å². The Morgan fingerprint density at radius 3 is 2.76 bits per heavy atom. The molecular weight excluding hydrogens is 274 g/mol.